The highest BCUT2D eigenvalue weighted by Crippen LogP contribution is 2.22. The van der Waals surface area contributed by atoms with E-state index in [-0.39, 0.29) is 41.8 Å². The van der Waals surface area contributed by atoms with Crippen LogP contribution in [-0.2, 0) is 20.7 Å². The number of carbonyl (C=O) groups is 3. The van der Waals surface area contributed by atoms with Gasteiger partial charge in [-0.3, -0.25) is 18.8 Å². The molecule has 1 aromatic carbocycles. The molecule has 3 amide bonds. The Balaban J connectivity index is 1.56. The van der Waals surface area contributed by atoms with Crippen molar-refractivity contribution in [2.75, 3.05) is 33.8 Å². The maximum atomic E-state index is 13.8. The van der Waals surface area contributed by atoms with Crippen LogP contribution in [0.3, 0.4) is 0 Å². The Morgan fingerprint density at radius 1 is 1.22 bits per heavy atom. The third-order valence-electron chi connectivity index (χ3n) is 7.65. The number of hydrogen-bond acceptors (Lipinski definition) is 7. The van der Waals surface area contributed by atoms with E-state index in [1.807, 2.05) is 0 Å². The van der Waals surface area contributed by atoms with Crippen LogP contribution in [0.5, 0.6) is 0 Å². The van der Waals surface area contributed by atoms with E-state index in [0.717, 1.165) is 12.0 Å². The van der Waals surface area contributed by atoms with Crippen LogP contribution >= 0.6 is 0 Å². The molecule has 2 N–H and O–H groups in total. The van der Waals surface area contributed by atoms with Gasteiger partial charge in [0.25, 0.3) is 5.91 Å². The number of ether oxygens (including phenoxy) is 1. The zero-order valence-electron chi connectivity index (χ0n) is 23.9. The fourth-order valence-electron chi connectivity index (χ4n) is 4.96. The number of aromatic nitrogens is 3. The second-order valence-electron chi connectivity index (χ2n) is 10.3. The summed E-state index contributed by atoms with van der Waals surface area (Å²) in [6.45, 7) is 4.59. The normalized spacial score (nSPS) is 17.3. The van der Waals surface area contributed by atoms with Crippen molar-refractivity contribution in [1.82, 2.24) is 34.8 Å². The fraction of sp³-hybridized carbons (Fsp3) is 0.483. The molecule has 4 rings (SSSR count). The lowest BCUT2D eigenvalue weighted by Gasteiger charge is -2.34. The number of likely N-dealkylation sites (N-methyl/N-ethyl adjacent to an activating group) is 1. The van der Waals surface area contributed by atoms with Crippen molar-refractivity contribution in [2.45, 2.75) is 57.3 Å². The molecule has 0 aliphatic carbocycles. The Labute approximate surface area is 239 Å². The van der Waals surface area contributed by atoms with Gasteiger partial charge in [-0.05, 0) is 63.9 Å². The number of imidazole rings is 1. The van der Waals surface area contributed by atoms with E-state index >= 15 is 0 Å². The van der Waals surface area contributed by atoms with Crippen molar-refractivity contribution in [3.05, 3.63) is 66.0 Å². The monoisotopic (exact) mass is 567 g/mol. The lowest BCUT2D eigenvalue weighted by atomic mass is 10.1. The maximum absolute atomic E-state index is 13.8. The number of nitrogens with one attached hydrogen (secondary N) is 2. The van der Waals surface area contributed by atoms with Crippen LogP contribution in [0.1, 0.15) is 42.7 Å². The molecule has 3 heterocycles. The van der Waals surface area contributed by atoms with Crippen molar-refractivity contribution in [3.63, 3.8) is 0 Å². The van der Waals surface area contributed by atoms with Crippen molar-refractivity contribution in [1.29, 1.82) is 0 Å². The summed E-state index contributed by atoms with van der Waals surface area (Å²) in [6, 6.07) is 6.32. The number of hydrogen-bond donors (Lipinski definition) is 2. The molecule has 0 bridgehead atoms. The third kappa shape index (κ3) is 7.25. The molecule has 2 aromatic heterocycles. The average Bonchev–Trinajstić information content (AvgIpc) is 3.64. The summed E-state index contributed by atoms with van der Waals surface area (Å²) in [6.07, 6.45) is 6.43. The van der Waals surface area contributed by atoms with Gasteiger partial charge in [-0.15, -0.1) is 0 Å². The van der Waals surface area contributed by atoms with Gasteiger partial charge in [0.15, 0.2) is 0 Å². The SMILES string of the molecule is CN[C@@H](C)C(=O)N[C@H](C(=O)N1CCC[C@H]1CN(CCc1ccc(F)cc1)C(=O)c1cn2cccnc2n1)[C@@H](C)OC. The first kappa shape index (κ1) is 30.1. The summed E-state index contributed by atoms with van der Waals surface area (Å²) in [4.78, 5) is 52.3. The van der Waals surface area contributed by atoms with E-state index in [4.69, 9.17) is 4.74 Å². The van der Waals surface area contributed by atoms with Gasteiger partial charge in [0, 0.05) is 51.4 Å². The number of fused-ring (bicyclic) bond motifs is 1. The predicted octanol–water partition coefficient (Wildman–Crippen LogP) is 1.67. The number of methoxy groups -OCH3 is 1. The molecule has 1 fully saturated rings. The number of amides is 3. The second-order valence-corrected chi connectivity index (χ2v) is 10.3. The van der Waals surface area contributed by atoms with Crippen LogP contribution in [0.4, 0.5) is 4.39 Å². The zero-order chi connectivity index (χ0) is 29.5. The van der Waals surface area contributed by atoms with Gasteiger partial charge in [-0.1, -0.05) is 12.1 Å². The molecule has 0 unspecified atom stereocenters. The maximum Gasteiger partial charge on any atom is 0.274 e. The van der Waals surface area contributed by atoms with E-state index < -0.39 is 18.2 Å². The molecule has 0 saturated carbocycles. The number of carbonyl (C=O) groups excluding carboxylic acids is 3. The number of likely N-dealkylation sites (tertiary alicyclic amines) is 1. The summed E-state index contributed by atoms with van der Waals surface area (Å²) in [5, 5.41) is 5.72. The first-order valence-corrected chi connectivity index (χ1v) is 13.9. The minimum atomic E-state index is -0.878. The van der Waals surface area contributed by atoms with Gasteiger partial charge in [0.05, 0.1) is 12.1 Å². The summed E-state index contributed by atoms with van der Waals surface area (Å²) in [5.41, 5.74) is 1.13. The number of rotatable bonds is 12. The van der Waals surface area contributed by atoms with Gasteiger partial charge < -0.3 is 25.2 Å². The molecule has 220 valence electrons. The van der Waals surface area contributed by atoms with Gasteiger partial charge in [-0.2, -0.15) is 0 Å². The second kappa shape index (κ2) is 13.6. The largest absolute Gasteiger partial charge is 0.379 e. The lowest BCUT2D eigenvalue weighted by Crippen LogP contribution is -2.58. The zero-order valence-corrected chi connectivity index (χ0v) is 23.9. The highest BCUT2D eigenvalue weighted by Gasteiger charge is 2.38. The molecule has 41 heavy (non-hydrogen) atoms. The Morgan fingerprint density at radius 3 is 2.66 bits per heavy atom. The lowest BCUT2D eigenvalue weighted by molar-refractivity contribution is -0.141. The number of halogens is 1. The third-order valence-corrected chi connectivity index (χ3v) is 7.65. The van der Waals surface area contributed by atoms with E-state index in [2.05, 4.69) is 20.6 Å². The Hall–Kier alpha value is -3.90. The predicted molar refractivity (Wildman–Crippen MR) is 151 cm³/mol. The number of benzene rings is 1. The molecule has 1 aliphatic rings. The van der Waals surface area contributed by atoms with Gasteiger partial charge in [-0.25, -0.2) is 14.4 Å². The Kier molecular flexibility index (Phi) is 10.0. The van der Waals surface area contributed by atoms with Gasteiger partial charge >= 0.3 is 0 Å². The van der Waals surface area contributed by atoms with Gasteiger partial charge in [0.2, 0.25) is 17.6 Å². The van der Waals surface area contributed by atoms with Crippen molar-refractivity contribution < 1.29 is 23.5 Å². The summed E-state index contributed by atoms with van der Waals surface area (Å²) < 4.78 is 20.6. The molecule has 4 atom stereocenters. The molecule has 12 heteroatoms. The first-order valence-electron chi connectivity index (χ1n) is 13.9. The summed E-state index contributed by atoms with van der Waals surface area (Å²) in [5.74, 6) is -0.747. The Bertz CT molecular complexity index is 1320. The quantitative estimate of drug-likeness (QED) is 0.342. The van der Waals surface area contributed by atoms with Crippen LogP contribution in [0, 0.1) is 5.82 Å². The average molecular weight is 568 g/mol. The van der Waals surface area contributed by atoms with Crippen LogP contribution in [0.15, 0.2) is 48.9 Å². The van der Waals surface area contributed by atoms with Crippen molar-refractivity contribution in [3.8, 4) is 0 Å². The van der Waals surface area contributed by atoms with E-state index in [0.29, 0.717) is 31.7 Å². The van der Waals surface area contributed by atoms with E-state index in [9.17, 15) is 18.8 Å². The van der Waals surface area contributed by atoms with Crippen LogP contribution in [-0.4, -0.2) is 99.9 Å². The van der Waals surface area contributed by atoms with Crippen molar-refractivity contribution in [2.24, 2.45) is 0 Å². The smallest absolute Gasteiger partial charge is 0.274 e. The molecule has 0 radical (unpaired) electrons. The molecule has 1 saturated heterocycles. The van der Waals surface area contributed by atoms with Crippen LogP contribution in [0.25, 0.3) is 5.78 Å². The minimum Gasteiger partial charge on any atom is -0.379 e. The highest BCUT2D eigenvalue weighted by molar-refractivity contribution is 5.93. The standard InChI is InChI=1S/C29H38FN7O4/c1-19(31-3)26(38)34-25(20(2)41-4)28(40)37-15-5-7-23(37)17-35(16-12-21-8-10-22(30)11-9-21)27(39)24-18-36-14-6-13-32-29(36)33-24/h6,8-11,13-14,18-20,23,25,31H,5,7,12,15-17H2,1-4H3,(H,34,38)/t19-,20+,23-,25-/m0/s1. The molecule has 3 aromatic rings. The minimum absolute atomic E-state index is 0.248. The first-order chi connectivity index (χ1) is 19.7. The van der Waals surface area contributed by atoms with E-state index in [1.165, 1.54) is 19.2 Å². The van der Waals surface area contributed by atoms with E-state index in [1.54, 1.807) is 71.9 Å². The topological polar surface area (TPSA) is 121 Å². The highest BCUT2D eigenvalue weighted by atomic mass is 19.1. The van der Waals surface area contributed by atoms with Crippen LogP contribution in [0.2, 0.25) is 0 Å². The summed E-state index contributed by atoms with van der Waals surface area (Å²) in [7, 11) is 3.17. The summed E-state index contributed by atoms with van der Waals surface area (Å²) >= 11 is 0. The molecule has 11 nitrogen and oxygen atoms in total. The number of nitrogens with zero attached hydrogens (tertiary/aromatic N) is 5. The Morgan fingerprint density at radius 2 is 1.98 bits per heavy atom. The molecular weight excluding hydrogens is 529 g/mol. The molecular formula is C29H38FN7O4. The molecule has 0 spiro atoms. The molecule has 1 aliphatic heterocycles. The van der Waals surface area contributed by atoms with Crippen molar-refractivity contribution >= 4 is 23.5 Å². The fourth-order valence-corrected chi connectivity index (χ4v) is 4.96. The van der Waals surface area contributed by atoms with Gasteiger partial charge in [0.1, 0.15) is 17.6 Å². The van der Waals surface area contributed by atoms with Crippen LogP contribution < -0.4 is 10.6 Å².